The smallest absolute Gasteiger partial charge is 0.409 e. The maximum absolute atomic E-state index is 12.8. The largest absolute Gasteiger partial charge is 0.448 e. The summed E-state index contributed by atoms with van der Waals surface area (Å²) in [5, 5.41) is 11.6. The molecule has 1 N–H and O–H groups in total. The molecule has 1 heterocycles. The first-order chi connectivity index (χ1) is 15.0. The van der Waals surface area contributed by atoms with Crippen molar-refractivity contribution in [2.75, 3.05) is 19.7 Å². The number of ether oxygens (including phenoxy) is 1. The number of β-amino-alcohol motifs (C(OH)–C–C–N with tert-alkyl or cyclic N) is 1. The third kappa shape index (κ3) is 3.93. The van der Waals surface area contributed by atoms with E-state index in [4.69, 9.17) is 16.3 Å². The predicted molar refractivity (Wildman–Crippen MR) is 121 cm³/mol. The van der Waals surface area contributed by atoms with E-state index in [1.54, 1.807) is 4.90 Å². The molecule has 1 aliphatic carbocycles. The lowest BCUT2D eigenvalue weighted by molar-refractivity contribution is 0.0445. The van der Waals surface area contributed by atoms with Gasteiger partial charge in [0.25, 0.3) is 0 Å². The van der Waals surface area contributed by atoms with Gasteiger partial charge >= 0.3 is 6.09 Å². The molecular formula is C26H24ClNO3. The minimum atomic E-state index is -0.962. The fraction of sp³-hybridized carbons (Fsp3) is 0.269. The van der Waals surface area contributed by atoms with Crippen LogP contribution in [0.15, 0.2) is 72.8 Å². The molecule has 3 aromatic rings. The van der Waals surface area contributed by atoms with E-state index in [2.05, 4.69) is 24.3 Å². The maximum atomic E-state index is 12.8. The summed E-state index contributed by atoms with van der Waals surface area (Å²) in [6.45, 7) is 1.03. The fourth-order valence-corrected chi connectivity index (χ4v) is 5.08. The summed E-state index contributed by atoms with van der Waals surface area (Å²) in [7, 11) is 0. The van der Waals surface area contributed by atoms with Gasteiger partial charge in [-0.25, -0.2) is 4.79 Å². The first kappa shape index (κ1) is 20.1. The number of likely N-dealkylation sites (tertiary alicyclic amines) is 1. The molecular weight excluding hydrogens is 410 g/mol. The van der Waals surface area contributed by atoms with Gasteiger partial charge in [-0.3, -0.25) is 0 Å². The lowest BCUT2D eigenvalue weighted by Gasteiger charge is -2.24. The highest BCUT2D eigenvalue weighted by Gasteiger charge is 2.39. The number of rotatable bonds is 4. The Bertz CT molecular complexity index is 1090. The molecule has 0 spiro atoms. The van der Waals surface area contributed by atoms with Crippen LogP contribution in [0.2, 0.25) is 5.02 Å². The number of hydrogen-bond acceptors (Lipinski definition) is 3. The van der Waals surface area contributed by atoms with Crippen LogP contribution in [0.4, 0.5) is 4.79 Å². The lowest BCUT2D eigenvalue weighted by Crippen LogP contribution is -2.38. The number of benzene rings is 3. The summed E-state index contributed by atoms with van der Waals surface area (Å²) in [5.41, 5.74) is 4.79. The van der Waals surface area contributed by atoms with Crippen molar-refractivity contribution in [3.05, 3.63) is 94.5 Å². The number of fused-ring (bicyclic) bond motifs is 3. The highest BCUT2D eigenvalue weighted by atomic mass is 35.5. The lowest BCUT2D eigenvalue weighted by atomic mass is 9.94. The van der Waals surface area contributed by atoms with E-state index in [9.17, 15) is 9.90 Å². The van der Waals surface area contributed by atoms with E-state index in [-0.39, 0.29) is 25.2 Å². The summed E-state index contributed by atoms with van der Waals surface area (Å²) in [6.07, 6.45) is 0.605. The number of amides is 1. The van der Waals surface area contributed by atoms with Gasteiger partial charge < -0.3 is 14.7 Å². The van der Waals surface area contributed by atoms with E-state index >= 15 is 0 Å². The molecule has 1 aliphatic heterocycles. The fourth-order valence-electron chi connectivity index (χ4n) is 4.87. The molecule has 1 atom stereocenters. The van der Waals surface area contributed by atoms with Crippen molar-refractivity contribution in [2.24, 2.45) is 0 Å². The molecule has 3 aromatic carbocycles. The van der Waals surface area contributed by atoms with Gasteiger partial charge in [-0.05, 0) is 46.4 Å². The van der Waals surface area contributed by atoms with Crippen molar-refractivity contribution in [3.8, 4) is 11.1 Å². The topological polar surface area (TPSA) is 49.8 Å². The van der Waals surface area contributed by atoms with Crippen molar-refractivity contribution in [2.45, 2.75) is 24.4 Å². The predicted octanol–water partition coefficient (Wildman–Crippen LogP) is 5.27. The highest BCUT2D eigenvalue weighted by Crippen LogP contribution is 2.44. The van der Waals surface area contributed by atoms with Crippen molar-refractivity contribution >= 4 is 17.7 Å². The van der Waals surface area contributed by atoms with Crippen LogP contribution in [-0.4, -0.2) is 41.4 Å². The van der Waals surface area contributed by atoms with Crippen molar-refractivity contribution in [1.82, 2.24) is 4.90 Å². The molecule has 0 bridgehead atoms. The van der Waals surface area contributed by atoms with Crippen LogP contribution in [-0.2, 0) is 11.2 Å². The molecule has 31 heavy (non-hydrogen) atoms. The summed E-state index contributed by atoms with van der Waals surface area (Å²) < 4.78 is 5.74. The molecule has 1 amide bonds. The molecule has 0 saturated carbocycles. The second-order valence-electron chi connectivity index (χ2n) is 8.51. The Hall–Kier alpha value is -2.82. The molecule has 0 aromatic heterocycles. The highest BCUT2D eigenvalue weighted by molar-refractivity contribution is 6.30. The van der Waals surface area contributed by atoms with Crippen LogP contribution in [0.1, 0.15) is 29.0 Å². The molecule has 158 valence electrons. The Morgan fingerprint density at radius 3 is 2.39 bits per heavy atom. The average Bonchev–Trinajstić information content (AvgIpc) is 3.30. The van der Waals surface area contributed by atoms with E-state index < -0.39 is 5.60 Å². The second kappa shape index (κ2) is 8.03. The Morgan fingerprint density at radius 1 is 1.03 bits per heavy atom. The maximum Gasteiger partial charge on any atom is 0.409 e. The van der Waals surface area contributed by atoms with Crippen LogP contribution in [0, 0.1) is 0 Å². The zero-order chi connectivity index (χ0) is 21.4. The summed E-state index contributed by atoms with van der Waals surface area (Å²) >= 11 is 6.06. The molecule has 5 heteroatoms. The third-order valence-electron chi connectivity index (χ3n) is 6.35. The zero-order valence-corrected chi connectivity index (χ0v) is 17.9. The van der Waals surface area contributed by atoms with Gasteiger partial charge in [0.2, 0.25) is 0 Å². The van der Waals surface area contributed by atoms with Crippen molar-refractivity contribution in [3.63, 3.8) is 0 Å². The van der Waals surface area contributed by atoms with E-state index in [0.29, 0.717) is 24.4 Å². The minimum Gasteiger partial charge on any atom is -0.448 e. The standard InChI is InChI=1S/C26H24ClNO3/c27-19-7-5-6-18(14-19)15-26(30)12-13-28(17-26)25(29)31-16-24-22-10-3-1-8-20(22)21-9-2-4-11-23(21)24/h1-11,14,24,30H,12-13,15-17H2. The molecule has 4 nitrogen and oxygen atoms in total. The van der Waals surface area contributed by atoms with Crippen LogP contribution in [0.3, 0.4) is 0 Å². The van der Waals surface area contributed by atoms with Crippen LogP contribution in [0.5, 0.6) is 0 Å². The first-order valence-corrected chi connectivity index (χ1v) is 11.0. The van der Waals surface area contributed by atoms with E-state index in [1.807, 2.05) is 48.5 Å². The Balaban J connectivity index is 1.25. The van der Waals surface area contributed by atoms with Crippen molar-refractivity contribution < 1.29 is 14.6 Å². The van der Waals surface area contributed by atoms with Crippen LogP contribution >= 0.6 is 11.6 Å². The van der Waals surface area contributed by atoms with Crippen LogP contribution < -0.4 is 0 Å². The number of aliphatic hydroxyl groups is 1. The first-order valence-electron chi connectivity index (χ1n) is 10.6. The van der Waals surface area contributed by atoms with Gasteiger partial charge in [-0.2, -0.15) is 0 Å². The number of carbonyl (C=O) groups is 1. The summed E-state index contributed by atoms with van der Waals surface area (Å²) in [6, 6.07) is 24.1. The minimum absolute atomic E-state index is 0.0318. The average molecular weight is 434 g/mol. The number of carbonyl (C=O) groups excluding carboxylic acids is 1. The molecule has 1 saturated heterocycles. The van der Waals surface area contributed by atoms with Gasteiger partial charge in [0.05, 0.1) is 12.1 Å². The molecule has 0 radical (unpaired) electrons. The van der Waals surface area contributed by atoms with Crippen LogP contribution in [0.25, 0.3) is 11.1 Å². The number of hydrogen-bond donors (Lipinski definition) is 1. The van der Waals surface area contributed by atoms with E-state index in [1.165, 1.54) is 22.3 Å². The van der Waals surface area contributed by atoms with Gasteiger partial charge in [0.1, 0.15) is 6.61 Å². The monoisotopic (exact) mass is 433 g/mol. The van der Waals surface area contributed by atoms with Gasteiger partial charge in [-0.1, -0.05) is 72.3 Å². The van der Waals surface area contributed by atoms with Gasteiger partial charge in [-0.15, -0.1) is 0 Å². The molecule has 2 aliphatic rings. The SMILES string of the molecule is O=C(OCC1c2ccccc2-c2ccccc21)N1CCC(O)(Cc2cccc(Cl)c2)C1. The Morgan fingerprint density at radius 2 is 1.71 bits per heavy atom. The summed E-state index contributed by atoms with van der Waals surface area (Å²) in [5.74, 6) is 0.0318. The zero-order valence-electron chi connectivity index (χ0n) is 17.1. The second-order valence-corrected chi connectivity index (χ2v) is 8.94. The summed E-state index contributed by atoms with van der Waals surface area (Å²) in [4.78, 5) is 14.4. The Labute approximate surface area is 187 Å². The third-order valence-corrected chi connectivity index (χ3v) is 6.58. The van der Waals surface area contributed by atoms with E-state index in [0.717, 1.165) is 5.56 Å². The van der Waals surface area contributed by atoms with Gasteiger partial charge in [0, 0.05) is 23.9 Å². The molecule has 1 fully saturated rings. The molecule has 1 unspecified atom stereocenters. The Kier molecular flexibility index (Phi) is 5.20. The normalized spacial score (nSPS) is 19.9. The number of nitrogens with zero attached hydrogens (tertiary/aromatic N) is 1. The van der Waals surface area contributed by atoms with Gasteiger partial charge in [0.15, 0.2) is 0 Å². The molecule has 5 rings (SSSR count). The number of halogens is 1. The quantitative estimate of drug-likeness (QED) is 0.609. The van der Waals surface area contributed by atoms with Crippen molar-refractivity contribution in [1.29, 1.82) is 0 Å².